The SMILES string of the molecule is COc1ccccc1CCNC(=O)CCCn1c(=O)[nH]c2ccccc2c1=O. The third-order valence-electron chi connectivity index (χ3n) is 4.58. The minimum absolute atomic E-state index is 0.111. The standard InChI is InChI=1S/C21H23N3O4/c1-28-18-10-5-2-7-15(18)12-13-22-19(25)11-6-14-24-20(26)16-8-3-4-9-17(16)23-21(24)27/h2-5,7-10H,6,11-14H2,1H3,(H,22,25)(H,23,27). The van der Waals surface area contributed by atoms with Crippen molar-refractivity contribution in [3.8, 4) is 5.75 Å². The highest BCUT2D eigenvalue weighted by molar-refractivity contribution is 5.77. The molecule has 0 aliphatic rings. The minimum atomic E-state index is -0.458. The molecule has 0 fully saturated rings. The Labute approximate surface area is 162 Å². The van der Waals surface area contributed by atoms with Gasteiger partial charge < -0.3 is 15.0 Å². The maximum Gasteiger partial charge on any atom is 0.328 e. The Morgan fingerprint density at radius 3 is 2.68 bits per heavy atom. The van der Waals surface area contributed by atoms with Crippen LogP contribution in [-0.2, 0) is 17.8 Å². The van der Waals surface area contributed by atoms with Gasteiger partial charge in [0.25, 0.3) is 5.56 Å². The average molecular weight is 381 g/mol. The number of nitrogens with one attached hydrogen (secondary N) is 2. The summed E-state index contributed by atoms with van der Waals surface area (Å²) >= 11 is 0. The highest BCUT2D eigenvalue weighted by Gasteiger charge is 2.08. The van der Waals surface area contributed by atoms with E-state index in [0.29, 0.717) is 30.3 Å². The lowest BCUT2D eigenvalue weighted by atomic mass is 10.1. The molecule has 2 aromatic carbocycles. The van der Waals surface area contributed by atoms with Gasteiger partial charge in [0.2, 0.25) is 5.91 Å². The summed E-state index contributed by atoms with van der Waals surface area (Å²) < 4.78 is 6.44. The van der Waals surface area contributed by atoms with E-state index in [9.17, 15) is 14.4 Å². The number of nitrogens with zero attached hydrogens (tertiary/aromatic N) is 1. The number of hydrogen-bond acceptors (Lipinski definition) is 4. The summed E-state index contributed by atoms with van der Waals surface area (Å²) in [6, 6.07) is 14.6. The zero-order chi connectivity index (χ0) is 19.9. The lowest BCUT2D eigenvalue weighted by Gasteiger charge is -2.09. The lowest BCUT2D eigenvalue weighted by Crippen LogP contribution is -2.35. The first-order chi connectivity index (χ1) is 13.6. The Hall–Kier alpha value is -3.35. The number of amides is 1. The number of benzene rings is 2. The van der Waals surface area contributed by atoms with E-state index >= 15 is 0 Å². The van der Waals surface area contributed by atoms with Crippen molar-refractivity contribution in [3.63, 3.8) is 0 Å². The van der Waals surface area contributed by atoms with E-state index < -0.39 is 5.69 Å². The monoisotopic (exact) mass is 381 g/mol. The fraction of sp³-hybridized carbons (Fsp3) is 0.286. The number of carbonyl (C=O) groups is 1. The Morgan fingerprint density at radius 2 is 1.86 bits per heavy atom. The number of rotatable bonds is 8. The van der Waals surface area contributed by atoms with Crippen LogP contribution in [0.3, 0.4) is 0 Å². The van der Waals surface area contributed by atoms with Crippen molar-refractivity contribution in [2.24, 2.45) is 0 Å². The summed E-state index contributed by atoms with van der Waals surface area (Å²) in [7, 11) is 1.62. The van der Waals surface area contributed by atoms with Crippen LogP contribution in [0.5, 0.6) is 5.75 Å². The van der Waals surface area contributed by atoms with Crippen molar-refractivity contribution in [1.29, 1.82) is 0 Å². The molecule has 1 heterocycles. The summed E-state index contributed by atoms with van der Waals surface area (Å²) in [4.78, 5) is 39.3. The van der Waals surface area contributed by atoms with Gasteiger partial charge in [-0.15, -0.1) is 0 Å². The molecule has 0 spiro atoms. The average Bonchev–Trinajstić information content (AvgIpc) is 2.71. The Kier molecular flexibility index (Phi) is 6.26. The summed E-state index contributed by atoms with van der Waals surface area (Å²) in [5, 5.41) is 3.32. The number of H-pyrrole nitrogens is 1. The van der Waals surface area contributed by atoms with Crippen LogP contribution in [0.25, 0.3) is 10.9 Å². The minimum Gasteiger partial charge on any atom is -0.496 e. The lowest BCUT2D eigenvalue weighted by molar-refractivity contribution is -0.121. The largest absolute Gasteiger partial charge is 0.496 e. The molecule has 0 bridgehead atoms. The van der Waals surface area contributed by atoms with Gasteiger partial charge in [-0.2, -0.15) is 0 Å². The molecule has 0 atom stereocenters. The highest BCUT2D eigenvalue weighted by Crippen LogP contribution is 2.17. The predicted molar refractivity (Wildman–Crippen MR) is 108 cm³/mol. The first-order valence-corrected chi connectivity index (χ1v) is 9.20. The van der Waals surface area contributed by atoms with Crippen LogP contribution < -0.4 is 21.3 Å². The molecular formula is C21H23N3O4. The molecule has 3 aromatic rings. The molecule has 0 aliphatic heterocycles. The molecule has 2 N–H and O–H groups in total. The van der Waals surface area contributed by atoms with Crippen LogP contribution in [0, 0.1) is 0 Å². The fourth-order valence-electron chi connectivity index (χ4n) is 3.13. The Morgan fingerprint density at radius 1 is 1.11 bits per heavy atom. The molecule has 146 valence electrons. The smallest absolute Gasteiger partial charge is 0.328 e. The van der Waals surface area contributed by atoms with E-state index in [0.717, 1.165) is 15.9 Å². The van der Waals surface area contributed by atoms with Gasteiger partial charge in [-0.25, -0.2) is 4.79 Å². The molecular weight excluding hydrogens is 358 g/mol. The topological polar surface area (TPSA) is 93.2 Å². The van der Waals surface area contributed by atoms with Crippen LogP contribution in [0.15, 0.2) is 58.1 Å². The van der Waals surface area contributed by atoms with Crippen molar-refractivity contribution in [3.05, 3.63) is 74.9 Å². The number of para-hydroxylation sites is 2. The molecule has 0 unspecified atom stereocenters. The Balaban J connectivity index is 1.51. The normalized spacial score (nSPS) is 10.8. The summed E-state index contributed by atoms with van der Waals surface area (Å²) in [6.07, 6.45) is 1.31. The first kappa shape index (κ1) is 19.4. The van der Waals surface area contributed by atoms with Gasteiger partial charge in [0.05, 0.1) is 18.0 Å². The molecule has 0 saturated carbocycles. The second kappa shape index (κ2) is 9.03. The maximum atomic E-state index is 12.4. The number of aromatic nitrogens is 2. The molecule has 0 saturated heterocycles. The molecule has 7 heteroatoms. The third-order valence-corrected chi connectivity index (χ3v) is 4.58. The van der Waals surface area contributed by atoms with Crippen molar-refractivity contribution in [2.45, 2.75) is 25.8 Å². The summed E-state index contributed by atoms with van der Waals surface area (Å²) in [6.45, 7) is 0.689. The van der Waals surface area contributed by atoms with Gasteiger partial charge >= 0.3 is 5.69 Å². The van der Waals surface area contributed by atoms with E-state index in [4.69, 9.17) is 4.74 Å². The number of hydrogen-bond donors (Lipinski definition) is 2. The van der Waals surface area contributed by atoms with E-state index in [2.05, 4.69) is 10.3 Å². The maximum absolute atomic E-state index is 12.4. The van der Waals surface area contributed by atoms with Crippen LogP contribution in [-0.4, -0.2) is 29.1 Å². The van der Waals surface area contributed by atoms with Crippen LogP contribution >= 0.6 is 0 Å². The molecule has 3 rings (SSSR count). The van der Waals surface area contributed by atoms with Gasteiger partial charge in [-0.3, -0.25) is 14.2 Å². The van der Waals surface area contributed by atoms with Gasteiger partial charge in [-0.1, -0.05) is 30.3 Å². The number of methoxy groups -OCH3 is 1. The number of ether oxygens (including phenoxy) is 1. The summed E-state index contributed by atoms with van der Waals surface area (Å²) in [5.74, 6) is 0.687. The molecule has 1 aromatic heterocycles. The van der Waals surface area contributed by atoms with Gasteiger partial charge in [0.15, 0.2) is 0 Å². The molecule has 0 aliphatic carbocycles. The predicted octanol–water partition coefficient (Wildman–Crippen LogP) is 1.84. The van der Waals surface area contributed by atoms with E-state index in [-0.39, 0.29) is 24.4 Å². The van der Waals surface area contributed by atoms with Gasteiger partial charge in [-0.05, 0) is 36.6 Å². The Bertz CT molecular complexity index is 1080. The third kappa shape index (κ3) is 4.49. The molecule has 1 amide bonds. The number of carbonyl (C=O) groups excluding carboxylic acids is 1. The van der Waals surface area contributed by atoms with E-state index in [1.165, 1.54) is 0 Å². The molecule has 0 radical (unpaired) electrons. The van der Waals surface area contributed by atoms with Crippen molar-refractivity contribution in [1.82, 2.24) is 14.9 Å². The number of aromatic amines is 1. The molecule has 7 nitrogen and oxygen atoms in total. The van der Waals surface area contributed by atoms with Gasteiger partial charge in [0, 0.05) is 19.5 Å². The quantitative estimate of drug-likeness (QED) is 0.623. The second-order valence-corrected chi connectivity index (χ2v) is 6.45. The van der Waals surface area contributed by atoms with Crippen LogP contribution in [0.4, 0.5) is 0 Å². The zero-order valence-electron chi connectivity index (χ0n) is 15.7. The van der Waals surface area contributed by atoms with Crippen molar-refractivity contribution >= 4 is 16.8 Å². The zero-order valence-corrected chi connectivity index (χ0v) is 15.7. The van der Waals surface area contributed by atoms with Crippen LogP contribution in [0.2, 0.25) is 0 Å². The van der Waals surface area contributed by atoms with Gasteiger partial charge in [0.1, 0.15) is 5.75 Å². The van der Waals surface area contributed by atoms with Crippen molar-refractivity contribution in [2.75, 3.05) is 13.7 Å². The van der Waals surface area contributed by atoms with E-state index in [1.807, 2.05) is 24.3 Å². The van der Waals surface area contributed by atoms with E-state index in [1.54, 1.807) is 31.4 Å². The van der Waals surface area contributed by atoms with Crippen LogP contribution in [0.1, 0.15) is 18.4 Å². The molecule has 28 heavy (non-hydrogen) atoms. The first-order valence-electron chi connectivity index (χ1n) is 9.20. The second-order valence-electron chi connectivity index (χ2n) is 6.45. The van der Waals surface area contributed by atoms with Crippen molar-refractivity contribution < 1.29 is 9.53 Å². The fourth-order valence-corrected chi connectivity index (χ4v) is 3.13. The highest BCUT2D eigenvalue weighted by atomic mass is 16.5. The summed E-state index contributed by atoms with van der Waals surface area (Å²) in [5.41, 5.74) is 0.749. The number of fused-ring (bicyclic) bond motifs is 1.